The van der Waals surface area contributed by atoms with Crippen LogP contribution in [0.25, 0.3) is 0 Å². The van der Waals surface area contributed by atoms with Crippen LogP contribution in [0.4, 0.5) is 0 Å². The number of nitrogens with one attached hydrogen (secondary N) is 1. The average molecular weight is 558 g/mol. The van der Waals surface area contributed by atoms with Crippen LogP contribution in [-0.2, 0) is 22.6 Å². The molecule has 0 radical (unpaired) electrons. The van der Waals surface area contributed by atoms with Gasteiger partial charge in [-0.15, -0.1) is 11.8 Å². The molecule has 2 amide bonds. The minimum absolute atomic E-state index is 0.101. The molecule has 0 aliphatic carbocycles. The molecule has 7 heteroatoms. The Morgan fingerprint density at radius 1 is 0.973 bits per heavy atom. The van der Waals surface area contributed by atoms with Crippen molar-refractivity contribution >= 4 is 46.8 Å². The highest BCUT2D eigenvalue weighted by Gasteiger charge is 2.32. The first kappa shape index (κ1) is 29.1. The molecule has 0 heterocycles. The summed E-state index contributed by atoms with van der Waals surface area (Å²) < 4.78 is 0. The van der Waals surface area contributed by atoms with Crippen LogP contribution in [0.5, 0.6) is 0 Å². The number of carbonyl (C=O) groups is 2. The van der Waals surface area contributed by atoms with Crippen molar-refractivity contribution in [2.75, 3.05) is 5.75 Å². The molecule has 37 heavy (non-hydrogen) atoms. The Labute approximate surface area is 234 Å². The van der Waals surface area contributed by atoms with E-state index in [2.05, 4.69) is 29.6 Å². The van der Waals surface area contributed by atoms with Crippen LogP contribution in [0.3, 0.4) is 0 Å². The third-order valence-electron chi connectivity index (χ3n) is 5.73. The van der Waals surface area contributed by atoms with Gasteiger partial charge in [-0.1, -0.05) is 77.3 Å². The van der Waals surface area contributed by atoms with Gasteiger partial charge in [0.05, 0.1) is 0 Å². The minimum Gasteiger partial charge on any atom is -0.350 e. The number of rotatable bonds is 10. The van der Waals surface area contributed by atoms with Gasteiger partial charge < -0.3 is 10.2 Å². The van der Waals surface area contributed by atoms with Crippen LogP contribution in [0.2, 0.25) is 10.0 Å². The summed E-state index contributed by atoms with van der Waals surface area (Å²) in [7, 11) is 0. The Balaban J connectivity index is 1.89. The zero-order valence-corrected chi connectivity index (χ0v) is 24.1. The maximum absolute atomic E-state index is 13.7. The Morgan fingerprint density at radius 2 is 1.65 bits per heavy atom. The lowest BCUT2D eigenvalue weighted by molar-refractivity contribution is -0.141. The first-order valence-electron chi connectivity index (χ1n) is 12.3. The maximum atomic E-state index is 13.7. The molecule has 0 fully saturated rings. The van der Waals surface area contributed by atoms with E-state index in [0.29, 0.717) is 22.2 Å². The van der Waals surface area contributed by atoms with E-state index in [-0.39, 0.29) is 24.8 Å². The van der Waals surface area contributed by atoms with E-state index in [9.17, 15) is 9.59 Å². The highest BCUT2D eigenvalue weighted by molar-refractivity contribution is 7.99. The third-order valence-corrected chi connectivity index (χ3v) is 7.33. The number of halogens is 2. The summed E-state index contributed by atoms with van der Waals surface area (Å²) in [6.45, 7) is 8.06. The minimum atomic E-state index is -0.703. The molecule has 0 unspecified atom stereocenters. The van der Waals surface area contributed by atoms with E-state index < -0.39 is 11.6 Å². The Hall–Kier alpha value is -2.47. The molecule has 3 aromatic rings. The van der Waals surface area contributed by atoms with Gasteiger partial charge in [0.2, 0.25) is 11.8 Å². The van der Waals surface area contributed by atoms with E-state index in [4.69, 9.17) is 23.2 Å². The van der Waals surface area contributed by atoms with Crippen LogP contribution in [-0.4, -0.2) is 34.0 Å². The van der Waals surface area contributed by atoms with Gasteiger partial charge >= 0.3 is 0 Å². The third kappa shape index (κ3) is 9.41. The molecular weight excluding hydrogens is 523 g/mol. The van der Waals surface area contributed by atoms with Gasteiger partial charge in [0.25, 0.3) is 0 Å². The number of nitrogens with zero attached hydrogens (tertiary/aromatic N) is 1. The molecule has 0 saturated carbocycles. The Morgan fingerprint density at radius 3 is 2.27 bits per heavy atom. The Kier molecular flexibility index (Phi) is 10.5. The second-order valence-corrected chi connectivity index (χ2v) is 12.1. The summed E-state index contributed by atoms with van der Waals surface area (Å²) in [6, 6.07) is 22.5. The summed E-state index contributed by atoms with van der Waals surface area (Å²) in [5.74, 6) is 0.308. The molecule has 0 aliphatic heterocycles. The fourth-order valence-electron chi connectivity index (χ4n) is 3.87. The average Bonchev–Trinajstić information content (AvgIpc) is 2.83. The van der Waals surface area contributed by atoms with Gasteiger partial charge in [-0.25, -0.2) is 0 Å². The topological polar surface area (TPSA) is 49.4 Å². The molecule has 3 aromatic carbocycles. The second-order valence-electron chi connectivity index (χ2n) is 10.1. The highest BCUT2D eigenvalue weighted by atomic mass is 35.5. The van der Waals surface area contributed by atoms with Crippen LogP contribution in [0.1, 0.15) is 43.9 Å². The predicted octanol–water partition coefficient (Wildman–Crippen LogP) is 7.34. The number of hydrogen-bond donors (Lipinski definition) is 1. The molecule has 0 spiro atoms. The van der Waals surface area contributed by atoms with E-state index in [0.717, 1.165) is 16.0 Å². The fraction of sp³-hybridized carbons (Fsp3) is 0.333. The molecule has 0 aromatic heterocycles. The van der Waals surface area contributed by atoms with Gasteiger partial charge in [-0.05, 0) is 63.1 Å². The number of benzene rings is 3. The van der Waals surface area contributed by atoms with Crippen LogP contribution in [0.15, 0.2) is 77.7 Å². The highest BCUT2D eigenvalue weighted by Crippen LogP contribution is 2.26. The molecule has 1 N–H and O–H groups in total. The lowest BCUT2D eigenvalue weighted by Crippen LogP contribution is -2.54. The van der Waals surface area contributed by atoms with Crippen molar-refractivity contribution < 1.29 is 9.59 Å². The molecule has 0 bridgehead atoms. The van der Waals surface area contributed by atoms with Crippen LogP contribution < -0.4 is 5.32 Å². The van der Waals surface area contributed by atoms with Crippen molar-refractivity contribution in [3.8, 4) is 0 Å². The summed E-state index contributed by atoms with van der Waals surface area (Å²) in [6.07, 6.45) is 0.683. The quantitative estimate of drug-likeness (QED) is 0.266. The van der Waals surface area contributed by atoms with Crippen molar-refractivity contribution in [1.82, 2.24) is 10.2 Å². The maximum Gasteiger partial charge on any atom is 0.243 e. The molecule has 4 nitrogen and oxygen atoms in total. The van der Waals surface area contributed by atoms with E-state index in [1.807, 2.05) is 64.1 Å². The van der Waals surface area contributed by atoms with Gasteiger partial charge in [0.15, 0.2) is 0 Å². The van der Waals surface area contributed by atoms with Crippen molar-refractivity contribution in [2.24, 2.45) is 0 Å². The predicted molar refractivity (Wildman–Crippen MR) is 155 cm³/mol. The summed E-state index contributed by atoms with van der Waals surface area (Å²) in [4.78, 5) is 30.1. The number of hydrogen-bond acceptors (Lipinski definition) is 3. The van der Waals surface area contributed by atoms with E-state index in [1.165, 1.54) is 5.56 Å². The van der Waals surface area contributed by atoms with Crippen molar-refractivity contribution in [3.05, 3.63) is 99.5 Å². The van der Waals surface area contributed by atoms with Gasteiger partial charge in [0.1, 0.15) is 6.04 Å². The van der Waals surface area contributed by atoms with Crippen LogP contribution >= 0.6 is 35.0 Å². The van der Waals surface area contributed by atoms with Crippen LogP contribution in [0, 0.1) is 6.92 Å². The fourth-order valence-corrected chi connectivity index (χ4v) is 5.18. The first-order valence-corrected chi connectivity index (χ1v) is 14.0. The molecule has 1 atom stereocenters. The number of thioether (sulfide) groups is 1. The lowest BCUT2D eigenvalue weighted by Gasteiger charge is -2.34. The van der Waals surface area contributed by atoms with Crippen molar-refractivity contribution in [3.63, 3.8) is 0 Å². The molecule has 0 saturated heterocycles. The summed E-state index contributed by atoms with van der Waals surface area (Å²) in [5.41, 5.74) is 2.47. The van der Waals surface area contributed by atoms with Crippen molar-refractivity contribution in [1.29, 1.82) is 0 Å². The van der Waals surface area contributed by atoms with E-state index in [1.54, 1.807) is 28.8 Å². The zero-order chi connectivity index (χ0) is 27.0. The van der Waals surface area contributed by atoms with E-state index >= 15 is 0 Å². The monoisotopic (exact) mass is 556 g/mol. The lowest BCUT2D eigenvalue weighted by atomic mass is 10.0. The standard InChI is InChI=1S/C30H34Cl2N2O2S/c1-21-10-14-25(15-11-21)37-17-16-28(35)34(20-23-12-13-24(31)19-26(23)32)27(29(36)33-30(2,3)4)18-22-8-6-5-7-9-22/h5-15,19,27H,16-18,20H2,1-4H3,(H,33,36)/t27-/m0/s1. The molecular formula is C30H34Cl2N2O2S. The normalized spacial score (nSPS) is 12.2. The summed E-state index contributed by atoms with van der Waals surface area (Å²) in [5, 5.41) is 4.07. The first-order chi connectivity index (χ1) is 17.5. The smallest absolute Gasteiger partial charge is 0.243 e. The largest absolute Gasteiger partial charge is 0.350 e. The Bertz CT molecular complexity index is 1190. The van der Waals surface area contributed by atoms with Gasteiger partial charge in [-0.2, -0.15) is 0 Å². The zero-order valence-electron chi connectivity index (χ0n) is 21.8. The molecule has 0 aliphatic rings. The number of carbonyl (C=O) groups excluding carboxylic acids is 2. The SMILES string of the molecule is Cc1ccc(SCCC(=O)N(Cc2ccc(Cl)cc2Cl)[C@@H](Cc2ccccc2)C(=O)NC(C)(C)C)cc1. The van der Waals surface area contributed by atoms with Gasteiger partial charge in [-0.3, -0.25) is 9.59 Å². The molecule has 196 valence electrons. The van der Waals surface area contributed by atoms with Crippen molar-refractivity contribution in [2.45, 2.75) is 63.6 Å². The van der Waals surface area contributed by atoms with Gasteiger partial charge in [0, 0.05) is 45.6 Å². The number of aryl methyl sites for hydroxylation is 1. The molecule has 3 rings (SSSR count). The summed E-state index contributed by atoms with van der Waals surface area (Å²) >= 11 is 14.2. The second kappa shape index (κ2) is 13.4. The number of amides is 2.